The smallest absolute Gasteiger partial charge is 0.213 e. The Bertz CT molecular complexity index is 989. The van der Waals surface area contributed by atoms with Crippen molar-refractivity contribution in [2.75, 3.05) is 45.5 Å². The van der Waals surface area contributed by atoms with Crippen LogP contribution in [0, 0.1) is 0 Å². The van der Waals surface area contributed by atoms with Crippen molar-refractivity contribution in [2.24, 2.45) is 0 Å². The molecule has 9 nitrogen and oxygen atoms in total. The topological polar surface area (TPSA) is 112 Å². The van der Waals surface area contributed by atoms with Gasteiger partial charge < -0.3 is 0 Å². The van der Waals surface area contributed by atoms with Gasteiger partial charge in [0, 0.05) is 39.3 Å². The van der Waals surface area contributed by atoms with Gasteiger partial charge in [-0.3, -0.25) is 0 Å². The molecule has 2 aliphatic rings. The summed E-state index contributed by atoms with van der Waals surface area (Å²) in [6, 6.07) is 5.21. The highest BCUT2D eigenvalue weighted by Crippen LogP contribution is 2.24. The molecular weight excluding hydrogens is 414 g/mol. The fourth-order valence-electron chi connectivity index (χ4n) is 3.25. The first-order valence-electron chi connectivity index (χ1n) is 8.58. The van der Waals surface area contributed by atoms with Gasteiger partial charge in [-0.1, -0.05) is 0 Å². The van der Waals surface area contributed by atoms with Crippen LogP contribution in [0.3, 0.4) is 0 Å². The van der Waals surface area contributed by atoms with E-state index >= 15 is 0 Å². The van der Waals surface area contributed by atoms with Crippen LogP contribution < -0.4 is 0 Å². The summed E-state index contributed by atoms with van der Waals surface area (Å²) in [5.74, 6) is 0. The van der Waals surface area contributed by atoms with Crippen LogP contribution in [0.5, 0.6) is 0 Å². The third-order valence-electron chi connectivity index (χ3n) is 4.83. The number of sulfonamides is 3. The summed E-state index contributed by atoms with van der Waals surface area (Å²) in [4.78, 5) is 0.0703. The average Bonchev–Trinajstić information content (AvgIpc) is 3.17. The highest BCUT2D eigenvalue weighted by molar-refractivity contribution is 7.89. The van der Waals surface area contributed by atoms with E-state index in [0.717, 1.165) is 19.1 Å². The van der Waals surface area contributed by atoms with Gasteiger partial charge in [-0.05, 0) is 37.1 Å². The molecule has 0 atom stereocenters. The van der Waals surface area contributed by atoms with E-state index in [1.54, 1.807) is 0 Å². The molecule has 0 aromatic heterocycles. The second kappa shape index (κ2) is 7.41. The first kappa shape index (κ1) is 20.7. The van der Waals surface area contributed by atoms with Crippen molar-refractivity contribution in [1.29, 1.82) is 0 Å². The van der Waals surface area contributed by atoms with Gasteiger partial charge in [0.25, 0.3) is 0 Å². The van der Waals surface area contributed by atoms with Gasteiger partial charge in [0.05, 0.1) is 16.0 Å². The maximum Gasteiger partial charge on any atom is 0.243 e. The van der Waals surface area contributed by atoms with Crippen LogP contribution in [0.25, 0.3) is 0 Å². The summed E-state index contributed by atoms with van der Waals surface area (Å²) in [6.07, 6.45) is 2.74. The Hall–Kier alpha value is -1.05. The molecular formula is C15H23N3O6S3. The number of hydrogen-bond donors (Lipinski definition) is 0. The van der Waals surface area contributed by atoms with E-state index in [1.807, 2.05) is 0 Å². The van der Waals surface area contributed by atoms with Gasteiger partial charge in [-0.2, -0.15) is 12.9 Å². The van der Waals surface area contributed by atoms with Crippen LogP contribution in [0.4, 0.5) is 0 Å². The van der Waals surface area contributed by atoms with E-state index in [0.29, 0.717) is 13.1 Å². The molecule has 0 radical (unpaired) electrons. The molecule has 152 valence electrons. The molecule has 0 aliphatic carbocycles. The van der Waals surface area contributed by atoms with Crippen LogP contribution in [0.15, 0.2) is 34.1 Å². The molecule has 0 saturated carbocycles. The van der Waals surface area contributed by atoms with Crippen molar-refractivity contribution < 1.29 is 25.3 Å². The van der Waals surface area contributed by atoms with E-state index in [2.05, 4.69) is 0 Å². The molecule has 3 rings (SSSR count). The Morgan fingerprint density at radius 1 is 0.593 bits per heavy atom. The molecule has 0 spiro atoms. The number of piperazine rings is 1. The minimum absolute atomic E-state index is 0.00400. The van der Waals surface area contributed by atoms with Crippen molar-refractivity contribution in [1.82, 2.24) is 12.9 Å². The standard InChI is InChI=1S/C15H23N3O6S3/c1-25(19,20)16-10-12-18(13-11-16)27(23,24)15-6-4-14(5-7-15)26(21,22)17-8-2-3-9-17/h4-7H,2-3,8-13H2,1H3. The second-order valence-corrected chi connectivity index (χ2v) is 12.5. The molecule has 12 heteroatoms. The molecule has 0 N–H and O–H groups in total. The zero-order valence-electron chi connectivity index (χ0n) is 15.0. The van der Waals surface area contributed by atoms with Crippen molar-refractivity contribution in [2.45, 2.75) is 22.6 Å². The van der Waals surface area contributed by atoms with Gasteiger partial charge in [-0.15, -0.1) is 0 Å². The molecule has 1 aromatic rings. The molecule has 2 saturated heterocycles. The van der Waals surface area contributed by atoms with E-state index in [1.165, 1.54) is 37.2 Å². The van der Waals surface area contributed by atoms with E-state index in [4.69, 9.17) is 0 Å². The summed E-state index contributed by atoms with van der Waals surface area (Å²) in [5, 5.41) is 0. The van der Waals surface area contributed by atoms with Crippen molar-refractivity contribution in [3.63, 3.8) is 0 Å². The van der Waals surface area contributed by atoms with E-state index in [9.17, 15) is 25.3 Å². The first-order valence-corrected chi connectivity index (χ1v) is 13.3. The lowest BCUT2D eigenvalue weighted by atomic mass is 10.4. The fourth-order valence-corrected chi connectivity index (χ4v) is 7.02. The molecule has 27 heavy (non-hydrogen) atoms. The predicted octanol–water partition coefficient (Wildman–Crippen LogP) is -0.263. The zero-order valence-corrected chi connectivity index (χ0v) is 17.4. The van der Waals surface area contributed by atoms with E-state index in [-0.39, 0.29) is 36.0 Å². The van der Waals surface area contributed by atoms with Gasteiger partial charge in [0.1, 0.15) is 0 Å². The largest absolute Gasteiger partial charge is 0.243 e. The SMILES string of the molecule is CS(=O)(=O)N1CCN(S(=O)(=O)c2ccc(S(=O)(=O)N3CCCC3)cc2)CC1. The third-order valence-corrected chi connectivity index (χ3v) is 9.96. The highest BCUT2D eigenvalue weighted by atomic mass is 32.2. The second-order valence-electron chi connectivity index (χ2n) is 6.65. The lowest BCUT2D eigenvalue weighted by molar-refractivity contribution is 0.274. The van der Waals surface area contributed by atoms with Crippen molar-refractivity contribution in [3.8, 4) is 0 Å². The summed E-state index contributed by atoms with van der Waals surface area (Å²) in [5.41, 5.74) is 0. The Morgan fingerprint density at radius 3 is 1.30 bits per heavy atom. The first-order chi connectivity index (χ1) is 12.5. The molecule has 2 fully saturated rings. The molecule has 0 bridgehead atoms. The lowest BCUT2D eigenvalue weighted by Crippen LogP contribution is -2.50. The average molecular weight is 438 g/mol. The molecule has 0 unspecified atom stereocenters. The Kier molecular flexibility index (Phi) is 5.67. The lowest BCUT2D eigenvalue weighted by Gasteiger charge is -2.32. The predicted molar refractivity (Wildman–Crippen MR) is 99.6 cm³/mol. The van der Waals surface area contributed by atoms with Gasteiger partial charge in [0.15, 0.2) is 0 Å². The van der Waals surface area contributed by atoms with Crippen LogP contribution >= 0.6 is 0 Å². The summed E-state index contributed by atoms with van der Waals surface area (Å²) in [6.45, 7) is 1.27. The normalized spacial score (nSPS) is 21.5. The number of nitrogens with zero attached hydrogens (tertiary/aromatic N) is 3. The summed E-state index contributed by atoms with van der Waals surface area (Å²) < 4.78 is 77.5. The third kappa shape index (κ3) is 4.20. The fraction of sp³-hybridized carbons (Fsp3) is 0.600. The van der Waals surface area contributed by atoms with Crippen molar-refractivity contribution >= 4 is 30.1 Å². The summed E-state index contributed by atoms with van der Waals surface area (Å²) >= 11 is 0. The minimum atomic E-state index is -3.81. The highest BCUT2D eigenvalue weighted by Gasteiger charge is 2.32. The summed E-state index contributed by atoms with van der Waals surface area (Å²) in [7, 11) is -10.8. The minimum Gasteiger partial charge on any atom is -0.213 e. The van der Waals surface area contributed by atoms with Gasteiger partial charge in [0.2, 0.25) is 30.1 Å². The van der Waals surface area contributed by atoms with Crippen LogP contribution in [-0.4, -0.2) is 83.7 Å². The van der Waals surface area contributed by atoms with Crippen LogP contribution in [0.2, 0.25) is 0 Å². The molecule has 2 heterocycles. The van der Waals surface area contributed by atoms with Gasteiger partial charge in [-0.25, -0.2) is 25.3 Å². The molecule has 1 aromatic carbocycles. The van der Waals surface area contributed by atoms with E-state index < -0.39 is 30.1 Å². The van der Waals surface area contributed by atoms with Crippen molar-refractivity contribution in [3.05, 3.63) is 24.3 Å². The van der Waals surface area contributed by atoms with Crippen LogP contribution in [-0.2, 0) is 30.1 Å². The van der Waals surface area contributed by atoms with Crippen LogP contribution in [0.1, 0.15) is 12.8 Å². The zero-order chi connectivity index (χ0) is 19.9. The maximum atomic E-state index is 12.8. The molecule has 2 aliphatic heterocycles. The Balaban J connectivity index is 1.76. The van der Waals surface area contributed by atoms with Gasteiger partial charge >= 0.3 is 0 Å². The molecule has 0 amide bonds. The maximum absolute atomic E-state index is 12.8. The number of hydrogen-bond acceptors (Lipinski definition) is 6. The monoisotopic (exact) mass is 437 g/mol. The number of benzene rings is 1. The Morgan fingerprint density at radius 2 is 0.926 bits per heavy atom. The number of rotatable bonds is 5. The quantitative estimate of drug-likeness (QED) is 0.627. The Labute approximate surface area is 160 Å².